The van der Waals surface area contributed by atoms with Crippen LogP contribution in [0.15, 0.2) is 65.6 Å². The van der Waals surface area contributed by atoms with Crippen molar-refractivity contribution in [3.63, 3.8) is 0 Å². The van der Waals surface area contributed by atoms with Crippen LogP contribution < -0.4 is 14.8 Å². The van der Waals surface area contributed by atoms with Gasteiger partial charge in [0.1, 0.15) is 17.4 Å². The van der Waals surface area contributed by atoms with E-state index in [-0.39, 0.29) is 18.0 Å². The molecule has 0 radical (unpaired) electrons. The van der Waals surface area contributed by atoms with Crippen molar-refractivity contribution in [2.24, 2.45) is 0 Å². The summed E-state index contributed by atoms with van der Waals surface area (Å²) >= 11 is 7.10. The van der Waals surface area contributed by atoms with Gasteiger partial charge in [0.25, 0.3) is 0 Å². The number of ether oxygens (including phenoxy) is 1. The largest absolute Gasteiger partial charge is 0.573 e. The van der Waals surface area contributed by atoms with Gasteiger partial charge in [0.15, 0.2) is 0 Å². The Balaban J connectivity index is 1.68. The lowest BCUT2D eigenvalue weighted by atomic mass is 10.0. The predicted molar refractivity (Wildman–Crippen MR) is 135 cm³/mol. The first-order chi connectivity index (χ1) is 17.5. The summed E-state index contributed by atoms with van der Waals surface area (Å²) in [6, 6.07) is 13.9. The topological polar surface area (TPSA) is 53.5 Å². The number of aryl methyl sites for hydroxylation is 1. The molecule has 0 fully saturated rings. The minimum atomic E-state index is -4.85. The molecular weight excluding hydrogens is 535 g/mol. The molecule has 3 N–H and O–H groups in total. The molecule has 2 atom stereocenters. The summed E-state index contributed by atoms with van der Waals surface area (Å²) in [5, 5.41) is 14.1. The number of aliphatic hydroxyl groups excluding tert-OH is 1. The second-order valence-electron chi connectivity index (χ2n) is 8.32. The van der Waals surface area contributed by atoms with Gasteiger partial charge >= 0.3 is 6.36 Å². The van der Waals surface area contributed by atoms with Crippen LogP contribution in [0.4, 0.5) is 22.0 Å². The summed E-state index contributed by atoms with van der Waals surface area (Å²) in [6.07, 6.45) is -4.87. The maximum absolute atomic E-state index is 13.7. The molecule has 0 aliphatic rings. The lowest BCUT2D eigenvalue weighted by Gasteiger charge is -2.25. The summed E-state index contributed by atoms with van der Waals surface area (Å²) in [5.74, 6) is -1.95. The van der Waals surface area contributed by atoms with Crippen LogP contribution in [0.3, 0.4) is 0 Å². The molecule has 0 bridgehead atoms. The molecule has 37 heavy (non-hydrogen) atoms. The van der Waals surface area contributed by atoms with Crippen molar-refractivity contribution in [1.29, 1.82) is 0 Å². The number of alkyl halides is 3. The van der Waals surface area contributed by atoms with Crippen molar-refractivity contribution >= 4 is 23.5 Å². The molecule has 0 aliphatic carbocycles. The number of nitrogens with one attached hydrogen (secondary N) is 2. The number of hydrogen-bond donors (Lipinski definition) is 3. The Hall–Kier alpha value is -2.37. The van der Waals surface area contributed by atoms with E-state index in [0.29, 0.717) is 17.0 Å². The number of hydrogen-bond acceptors (Lipinski definition) is 5. The smallest absolute Gasteiger partial charge is 0.406 e. The number of rotatable bonds is 12. The first kappa shape index (κ1) is 29.2. The van der Waals surface area contributed by atoms with Crippen LogP contribution in [0.25, 0.3) is 0 Å². The first-order valence-electron chi connectivity index (χ1n) is 11.4. The Morgan fingerprint density at radius 2 is 1.68 bits per heavy atom. The Bertz CT molecular complexity index is 1160. The van der Waals surface area contributed by atoms with E-state index in [1.165, 1.54) is 23.8 Å². The van der Waals surface area contributed by atoms with E-state index < -0.39 is 35.9 Å². The average Bonchev–Trinajstić information content (AvgIpc) is 2.81. The third-order valence-electron chi connectivity index (χ3n) is 5.38. The van der Waals surface area contributed by atoms with Crippen molar-refractivity contribution in [3.8, 4) is 5.75 Å². The molecule has 3 rings (SSSR count). The number of halogens is 6. The highest BCUT2D eigenvalue weighted by Gasteiger charge is 2.31. The van der Waals surface area contributed by atoms with Gasteiger partial charge in [0, 0.05) is 36.2 Å². The van der Waals surface area contributed by atoms with Crippen LogP contribution in [0.5, 0.6) is 5.75 Å². The zero-order valence-electron chi connectivity index (χ0n) is 19.8. The van der Waals surface area contributed by atoms with Crippen LogP contribution in [0.2, 0.25) is 5.02 Å². The van der Waals surface area contributed by atoms with Crippen molar-refractivity contribution in [3.05, 3.63) is 94.0 Å². The fourth-order valence-electron chi connectivity index (χ4n) is 3.61. The Morgan fingerprint density at radius 1 is 0.973 bits per heavy atom. The molecule has 0 unspecified atom stereocenters. The maximum atomic E-state index is 13.7. The second kappa shape index (κ2) is 13.4. The maximum Gasteiger partial charge on any atom is 0.573 e. The minimum Gasteiger partial charge on any atom is -0.406 e. The summed E-state index contributed by atoms with van der Waals surface area (Å²) in [7, 11) is 0. The van der Waals surface area contributed by atoms with Gasteiger partial charge in [0.2, 0.25) is 0 Å². The minimum absolute atomic E-state index is 0.00165. The molecule has 0 heterocycles. The zero-order chi connectivity index (χ0) is 27.0. The lowest BCUT2D eigenvalue weighted by Crippen LogP contribution is -2.44. The third-order valence-corrected chi connectivity index (χ3v) is 6.80. The van der Waals surface area contributed by atoms with E-state index in [2.05, 4.69) is 27.8 Å². The predicted octanol–water partition coefficient (Wildman–Crippen LogP) is 6.44. The summed E-state index contributed by atoms with van der Waals surface area (Å²) in [6.45, 7) is 2.73. The van der Waals surface area contributed by atoms with Gasteiger partial charge in [-0.3, -0.25) is 4.72 Å². The van der Waals surface area contributed by atoms with Gasteiger partial charge < -0.3 is 15.2 Å². The van der Waals surface area contributed by atoms with Crippen molar-refractivity contribution in [2.75, 3.05) is 6.54 Å². The zero-order valence-corrected chi connectivity index (χ0v) is 21.4. The van der Waals surface area contributed by atoms with E-state index in [9.17, 15) is 27.1 Å². The van der Waals surface area contributed by atoms with Crippen molar-refractivity contribution < 1.29 is 31.8 Å². The average molecular weight is 561 g/mol. The highest BCUT2D eigenvalue weighted by molar-refractivity contribution is 7.97. The molecule has 200 valence electrons. The monoisotopic (exact) mass is 560 g/mol. The SMILES string of the molecule is CCc1cccc(CNC[C@@H](O)[C@H](Cc2cc(F)cc(F)c2)NSc2ccc(OC(F)(F)F)cc2Cl)c1. The fourth-order valence-corrected chi connectivity index (χ4v) is 4.70. The van der Waals surface area contributed by atoms with Gasteiger partial charge in [-0.15, -0.1) is 13.2 Å². The molecule has 3 aromatic carbocycles. The highest BCUT2D eigenvalue weighted by Crippen LogP contribution is 2.32. The molecule has 0 spiro atoms. The number of aliphatic hydroxyl groups is 1. The van der Waals surface area contributed by atoms with Crippen molar-refractivity contribution in [1.82, 2.24) is 10.0 Å². The first-order valence-corrected chi connectivity index (χ1v) is 12.6. The summed E-state index contributed by atoms with van der Waals surface area (Å²) in [4.78, 5) is 0.378. The van der Waals surface area contributed by atoms with Crippen LogP contribution >= 0.6 is 23.5 Å². The van der Waals surface area contributed by atoms with E-state index in [1.54, 1.807) is 0 Å². The molecule has 0 amide bonds. The fraction of sp³-hybridized carbons (Fsp3) is 0.308. The van der Waals surface area contributed by atoms with Gasteiger partial charge in [-0.1, -0.05) is 42.8 Å². The standard InChI is InChI=1S/C26H26ClF5N2O2S/c1-2-16-4-3-5-17(8-16)14-33-15-24(35)23(11-18-9-19(28)12-20(29)10-18)34-37-25-7-6-21(13-22(25)27)36-26(30,31)32/h3-10,12-13,23-24,33-35H,2,11,14-15H2,1H3/t23-,24+/m0/s1. The summed E-state index contributed by atoms with van der Waals surface area (Å²) in [5.41, 5.74) is 2.56. The molecule has 3 aromatic rings. The molecule has 0 aromatic heterocycles. The van der Waals surface area contributed by atoms with Gasteiger partial charge in [-0.25, -0.2) is 8.78 Å². The van der Waals surface area contributed by atoms with Crippen LogP contribution in [0, 0.1) is 11.6 Å². The van der Waals surface area contributed by atoms with Crippen LogP contribution in [-0.4, -0.2) is 30.2 Å². The second-order valence-corrected chi connectivity index (χ2v) is 9.61. The van der Waals surface area contributed by atoms with Gasteiger partial charge in [-0.05, 0) is 65.7 Å². The molecule has 0 saturated carbocycles. The molecule has 4 nitrogen and oxygen atoms in total. The Morgan fingerprint density at radius 3 is 2.32 bits per heavy atom. The van der Waals surface area contributed by atoms with Crippen molar-refractivity contribution in [2.45, 2.75) is 49.7 Å². The third kappa shape index (κ3) is 9.79. The molecular formula is C26H26ClF5N2O2S. The summed E-state index contributed by atoms with van der Waals surface area (Å²) < 4.78 is 71.8. The Labute approximate surface area is 221 Å². The van der Waals surface area contributed by atoms with Crippen LogP contribution in [-0.2, 0) is 19.4 Å². The van der Waals surface area contributed by atoms with E-state index in [0.717, 1.165) is 42.1 Å². The number of benzene rings is 3. The molecule has 0 aliphatic heterocycles. The van der Waals surface area contributed by atoms with E-state index in [1.807, 2.05) is 18.2 Å². The Kier molecular flexibility index (Phi) is 10.6. The van der Waals surface area contributed by atoms with Gasteiger partial charge in [-0.2, -0.15) is 0 Å². The van der Waals surface area contributed by atoms with Gasteiger partial charge in [0.05, 0.1) is 11.1 Å². The normalized spacial score (nSPS) is 13.4. The highest BCUT2D eigenvalue weighted by atomic mass is 35.5. The lowest BCUT2D eigenvalue weighted by molar-refractivity contribution is -0.274. The van der Waals surface area contributed by atoms with E-state index in [4.69, 9.17) is 11.6 Å². The molecule has 11 heteroatoms. The quantitative estimate of drug-likeness (QED) is 0.176. The van der Waals surface area contributed by atoms with Crippen LogP contribution in [0.1, 0.15) is 23.6 Å². The van der Waals surface area contributed by atoms with E-state index >= 15 is 0 Å². The molecule has 0 saturated heterocycles.